The molecule has 2 aromatic carbocycles. The van der Waals surface area contributed by atoms with Crippen molar-refractivity contribution in [1.29, 1.82) is 0 Å². The van der Waals surface area contributed by atoms with Crippen molar-refractivity contribution in [2.45, 2.75) is 6.92 Å². The second-order valence-corrected chi connectivity index (χ2v) is 5.18. The third-order valence-corrected chi connectivity index (χ3v) is 3.92. The van der Waals surface area contributed by atoms with E-state index in [2.05, 4.69) is 21.2 Å². The Bertz CT molecular complexity index is 656. The number of carbonyl (C=O) groups excluding carboxylic acids is 1. The van der Waals surface area contributed by atoms with Crippen molar-refractivity contribution in [3.8, 4) is 5.75 Å². The third kappa shape index (κ3) is 3.11. The lowest BCUT2D eigenvalue weighted by atomic mass is 10.1. The molecule has 0 aliphatic carbocycles. The quantitative estimate of drug-likeness (QED) is 0.843. The average Bonchev–Trinajstić information content (AvgIpc) is 2.43. The smallest absolute Gasteiger partial charge is 0.255 e. The van der Waals surface area contributed by atoms with E-state index in [0.717, 1.165) is 15.7 Å². The molecule has 0 heterocycles. The number of nitrogens with two attached hydrogens (primary N) is 1. The van der Waals surface area contributed by atoms with Gasteiger partial charge in [0.15, 0.2) is 0 Å². The van der Waals surface area contributed by atoms with E-state index in [-0.39, 0.29) is 5.91 Å². The minimum absolute atomic E-state index is 0.234. The molecular formula is C15H15BrN2O2. The van der Waals surface area contributed by atoms with Crippen molar-refractivity contribution in [1.82, 2.24) is 0 Å². The Morgan fingerprint density at radius 2 is 2.05 bits per heavy atom. The number of nitrogens with one attached hydrogen (secondary N) is 1. The van der Waals surface area contributed by atoms with Crippen LogP contribution in [0.5, 0.6) is 5.75 Å². The van der Waals surface area contributed by atoms with E-state index in [0.29, 0.717) is 17.0 Å². The summed E-state index contributed by atoms with van der Waals surface area (Å²) in [6.45, 7) is 1.96. The average molecular weight is 335 g/mol. The van der Waals surface area contributed by atoms with Gasteiger partial charge < -0.3 is 15.8 Å². The van der Waals surface area contributed by atoms with E-state index >= 15 is 0 Å². The van der Waals surface area contributed by atoms with Gasteiger partial charge in [-0.25, -0.2) is 0 Å². The normalized spacial score (nSPS) is 10.2. The van der Waals surface area contributed by atoms with Crippen molar-refractivity contribution in [3.63, 3.8) is 0 Å². The molecule has 0 aromatic heterocycles. The largest absolute Gasteiger partial charge is 0.497 e. The number of rotatable bonds is 3. The summed E-state index contributed by atoms with van der Waals surface area (Å²) in [6.07, 6.45) is 0. The first-order valence-electron chi connectivity index (χ1n) is 6.02. The van der Waals surface area contributed by atoms with E-state index in [1.807, 2.05) is 25.1 Å². The first-order chi connectivity index (χ1) is 9.51. The Kier molecular flexibility index (Phi) is 4.29. The Balaban J connectivity index is 2.28. The predicted molar refractivity (Wildman–Crippen MR) is 84.2 cm³/mol. The molecule has 0 fully saturated rings. The Hall–Kier alpha value is -2.01. The Labute approximate surface area is 126 Å². The number of hydrogen-bond donors (Lipinski definition) is 2. The molecule has 0 atom stereocenters. The van der Waals surface area contributed by atoms with Crippen LogP contribution >= 0.6 is 15.9 Å². The summed E-state index contributed by atoms with van der Waals surface area (Å²) in [4.78, 5) is 12.3. The molecule has 2 rings (SSSR count). The monoisotopic (exact) mass is 334 g/mol. The van der Waals surface area contributed by atoms with Gasteiger partial charge in [-0.15, -0.1) is 0 Å². The van der Waals surface area contributed by atoms with Gasteiger partial charge in [0.2, 0.25) is 0 Å². The maximum Gasteiger partial charge on any atom is 0.255 e. The zero-order chi connectivity index (χ0) is 14.7. The maximum absolute atomic E-state index is 12.3. The predicted octanol–water partition coefficient (Wildman–Crippen LogP) is 3.60. The van der Waals surface area contributed by atoms with Gasteiger partial charge in [0.05, 0.1) is 12.8 Å². The highest BCUT2D eigenvalue weighted by Crippen LogP contribution is 2.27. The first-order valence-corrected chi connectivity index (χ1v) is 6.81. The van der Waals surface area contributed by atoms with Crippen molar-refractivity contribution in [3.05, 3.63) is 52.0 Å². The molecule has 2 aromatic rings. The van der Waals surface area contributed by atoms with Gasteiger partial charge in [0, 0.05) is 21.8 Å². The Morgan fingerprint density at radius 3 is 2.75 bits per heavy atom. The van der Waals surface area contributed by atoms with Gasteiger partial charge in [0.1, 0.15) is 5.75 Å². The summed E-state index contributed by atoms with van der Waals surface area (Å²) < 4.78 is 5.97. The van der Waals surface area contributed by atoms with Gasteiger partial charge in [0.25, 0.3) is 5.91 Å². The lowest BCUT2D eigenvalue weighted by molar-refractivity contribution is 0.102. The second kappa shape index (κ2) is 5.96. The minimum atomic E-state index is -0.234. The molecular weight excluding hydrogens is 320 g/mol. The van der Waals surface area contributed by atoms with Gasteiger partial charge in [-0.3, -0.25) is 4.79 Å². The fourth-order valence-corrected chi connectivity index (χ4v) is 2.17. The zero-order valence-electron chi connectivity index (χ0n) is 11.2. The first kappa shape index (κ1) is 14.4. The van der Waals surface area contributed by atoms with Gasteiger partial charge in [-0.1, -0.05) is 12.1 Å². The number of nitrogen functional groups attached to an aromatic ring is 1. The van der Waals surface area contributed by atoms with Crippen LogP contribution in [-0.4, -0.2) is 13.0 Å². The highest BCUT2D eigenvalue weighted by atomic mass is 79.9. The molecule has 1 amide bonds. The molecule has 0 saturated carbocycles. The molecule has 0 radical (unpaired) electrons. The molecule has 0 bridgehead atoms. The summed E-state index contributed by atoms with van der Waals surface area (Å²) in [5.41, 5.74) is 8.46. The lowest BCUT2D eigenvalue weighted by Crippen LogP contribution is -2.13. The van der Waals surface area contributed by atoms with Crippen molar-refractivity contribution >= 4 is 33.2 Å². The molecule has 0 saturated heterocycles. The number of carbonyl (C=O) groups is 1. The van der Waals surface area contributed by atoms with Crippen LogP contribution in [0, 0.1) is 6.92 Å². The molecule has 0 aliphatic rings. The van der Waals surface area contributed by atoms with Crippen LogP contribution < -0.4 is 15.8 Å². The lowest BCUT2D eigenvalue weighted by Gasteiger charge is -2.10. The SMILES string of the molecule is COc1cc(N)cc(C(=O)Nc2cccc(C)c2Br)c1. The Morgan fingerprint density at radius 1 is 1.30 bits per heavy atom. The van der Waals surface area contributed by atoms with E-state index in [1.165, 1.54) is 7.11 Å². The molecule has 20 heavy (non-hydrogen) atoms. The number of ether oxygens (including phenoxy) is 1. The van der Waals surface area contributed by atoms with Gasteiger partial charge in [-0.2, -0.15) is 0 Å². The maximum atomic E-state index is 12.3. The highest BCUT2D eigenvalue weighted by Gasteiger charge is 2.11. The van der Waals surface area contributed by atoms with Gasteiger partial charge in [-0.05, 0) is 46.6 Å². The minimum Gasteiger partial charge on any atom is -0.497 e. The molecule has 104 valence electrons. The van der Waals surface area contributed by atoms with E-state index < -0.39 is 0 Å². The second-order valence-electron chi connectivity index (χ2n) is 4.39. The molecule has 3 N–H and O–H groups in total. The fraction of sp³-hybridized carbons (Fsp3) is 0.133. The molecule has 4 nitrogen and oxygen atoms in total. The topological polar surface area (TPSA) is 64.3 Å². The number of hydrogen-bond acceptors (Lipinski definition) is 3. The molecule has 0 unspecified atom stereocenters. The van der Waals surface area contributed by atoms with Crippen molar-refractivity contribution in [2.75, 3.05) is 18.2 Å². The summed E-state index contributed by atoms with van der Waals surface area (Å²) in [7, 11) is 1.54. The van der Waals surface area contributed by atoms with Crippen LogP contribution in [0.15, 0.2) is 40.9 Å². The van der Waals surface area contributed by atoms with Crippen LogP contribution in [0.25, 0.3) is 0 Å². The summed E-state index contributed by atoms with van der Waals surface area (Å²) in [5, 5.41) is 2.85. The number of methoxy groups -OCH3 is 1. The van der Waals surface area contributed by atoms with Crippen LogP contribution in [0.2, 0.25) is 0 Å². The van der Waals surface area contributed by atoms with E-state index in [4.69, 9.17) is 10.5 Å². The standard InChI is InChI=1S/C15H15BrN2O2/c1-9-4-3-5-13(14(9)16)18-15(19)10-6-11(17)8-12(7-10)20-2/h3-8H,17H2,1-2H3,(H,18,19). The van der Waals surface area contributed by atoms with Crippen LogP contribution in [-0.2, 0) is 0 Å². The van der Waals surface area contributed by atoms with Crippen LogP contribution in [0.4, 0.5) is 11.4 Å². The summed E-state index contributed by atoms with van der Waals surface area (Å²) >= 11 is 3.46. The highest BCUT2D eigenvalue weighted by molar-refractivity contribution is 9.10. The molecule has 0 spiro atoms. The molecule has 0 aliphatic heterocycles. The van der Waals surface area contributed by atoms with Crippen LogP contribution in [0.1, 0.15) is 15.9 Å². The van der Waals surface area contributed by atoms with Crippen molar-refractivity contribution < 1.29 is 9.53 Å². The number of anilines is 2. The van der Waals surface area contributed by atoms with Crippen LogP contribution in [0.3, 0.4) is 0 Å². The van der Waals surface area contributed by atoms with Gasteiger partial charge >= 0.3 is 0 Å². The zero-order valence-corrected chi connectivity index (χ0v) is 12.8. The number of benzene rings is 2. The summed E-state index contributed by atoms with van der Waals surface area (Å²) in [5.74, 6) is 0.320. The number of halogens is 1. The van der Waals surface area contributed by atoms with E-state index in [1.54, 1.807) is 18.2 Å². The number of amides is 1. The van der Waals surface area contributed by atoms with Crippen molar-refractivity contribution in [2.24, 2.45) is 0 Å². The third-order valence-electron chi connectivity index (χ3n) is 2.87. The van der Waals surface area contributed by atoms with E-state index in [9.17, 15) is 4.79 Å². The number of aryl methyl sites for hydroxylation is 1. The summed E-state index contributed by atoms with van der Waals surface area (Å²) in [6, 6.07) is 10.6. The fourth-order valence-electron chi connectivity index (χ4n) is 1.81. The molecule has 5 heteroatoms.